The molecule has 2 aromatic heterocycles. The van der Waals surface area contributed by atoms with Gasteiger partial charge in [0.1, 0.15) is 0 Å². The van der Waals surface area contributed by atoms with Gasteiger partial charge in [-0.2, -0.15) is 0 Å². The van der Waals surface area contributed by atoms with Gasteiger partial charge in [0.05, 0.1) is 0 Å². The summed E-state index contributed by atoms with van der Waals surface area (Å²) in [5, 5.41) is 37.7. The van der Waals surface area contributed by atoms with Crippen molar-refractivity contribution in [2.24, 2.45) is 0 Å². The third kappa shape index (κ3) is 9.38. The normalized spacial score (nSPS) is 10.9. The van der Waals surface area contributed by atoms with E-state index in [1.165, 1.54) is 24.3 Å². The van der Waals surface area contributed by atoms with Crippen molar-refractivity contribution in [2.75, 3.05) is 0 Å². The fraction of sp³-hybridized carbons (Fsp3) is 0.565. The third-order valence-electron chi connectivity index (χ3n) is 5.24. The number of carbonyl (C=O) groups excluding carboxylic acids is 2. The Kier molecular flexibility index (Phi) is 11.0. The van der Waals surface area contributed by atoms with Crippen LogP contribution in [0, 0.1) is 0 Å². The molecule has 0 bridgehead atoms. The summed E-state index contributed by atoms with van der Waals surface area (Å²) in [6.45, 7) is 0. The Labute approximate surface area is 192 Å². The summed E-state index contributed by atoms with van der Waals surface area (Å²) in [6, 6.07) is 4.96. The number of aromatic hydroxyl groups is 4. The maximum atomic E-state index is 11.7. The first kappa shape index (κ1) is 26.0. The molecule has 0 fully saturated rings. The molecule has 4 N–H and O–H groups in total. The molecule has 0 atom stereocenters. The standard InChI is InChI=1S/C23H34N2O8/c26-18-14-15-19(27)24(18)32-22(30)12-10-8-6-4-2-1-3-5-7-9-11-13-23(31)33-25-20(28)16-17-21(25)29/h14-17,26-29H,1-13H2. The zero-order valence-corrected chi connectivity index (χ0v) is 18.8. The summed E-state index contributed by atoms with van der Waals surface area (Å²) in [5.74, 6) is -2.27. The summed E-state index contributed by atoms with van der Waals surface area (Å²) < 4.78 is 1.41. The minimum atomic E-state index is -0.494. The lowest BCUT2D eigenvalue weighted by Gasteiger charge is -2.07. The molecule has 33 heavy (non-hydrogen) atoms. The van der Waals surface area contributed by atoms with Crippen LogP contribution in [0.1, 0.15) is 83.5 Å². The molecular weight excluding hydrogens is 432 g/mol. The Bertz CT molecular complexity index is 765. The molecule has 0 unspecified atom stereocenters. The van der Waals surface area contributed by atoms with E-state index < -0.39 is 11.9 Å². The van der Waals surface area contributed by atoms with Gasteiger partial charge < -0.3 is 30.1 Å². The topological polar surface area (TPSA) is 143 Å². The second-order valence-corrected chi connectivity index (χ2v) is 8.00. The van der Waals surface area contributed by atoms with Crippen LogP contribution in [0.15, 0.2) is 24.3 Å². The van der Waals surface area contributed by atoms with Crippen LogP contribution in [-0.4, -0.2) is 41.8 Å². The molecule has 0 aliphatic heterocycles. The first-order valence-corrected chi connectivity index (χ1v) is 11.5. The first-order valence-electron chi connectivity index (χ1n) is 11.5. The van der Waals surface area contributed by atoms with Crippen LogP contribution in [0.2, 0.25) is 0 Å². The molecule has 0 radical (unpaired) electrons. The quantitative estimate of drug-likeness (QED) is 0.274. The highest BCUT2D eigenvalue weighted by atomic mass is 16.7. The van der Waals surface area contributed by atoms with Crippen LogP contribution in [-0.2, 0) is 9.59 Å². The molecule has 0 saturated carbocycles. The van der Waals surface area contributed by atoms with E-state index in [4.69, 9.17) is 9.68 Å². The lowest BCUT2D eigenvalue weighted by atomic mass is 10.0. The van der Waals surface area contributed by atoms with Crippen molar-refractivity contribution < 1.29 is 39.7 Å². The Morgan fingerprint density at radius 2 is 0.758 bits per heavy atom. The van der Waals surface area contributed by atoms with Crippen molar-refractivity contribution in [1.82, 2.24) is 9.46 Å². The molecule has 2 aromatic rings. The van der Waals surface area contributed by atoms with E-state index in [1.807, 2.05) is 0 Å². The second kappa shape index (κ2) is 14.0. The van der Waals surface area contributed by atoms with Crippen LogP contribution >= 0.6 is 0 Å². The zero-order valence-electron chi connectivity index (χ0n) is 18.8. The number of unbranched alkanes of at least 4 members (excludes halogenated alkanes) is 10. The predicted molar refractivity (Wildman–Crippen MR) is 119 cm³/mol. The Balaban J connectivity index is 1.36. The van der Waals surface area contributed by atoms with Gasteiger partial charge in [-0.25, -0.2) is 9.59 Å². The van der Waals surface area contributed by atoms with Gasteiger partial charge in [0.2, 0.25) is 23.5 Å². The van der Waals surface area contributed by atoms with Crippen LogP contribution in [0.3, 0.4) is 0 Å². The summed E-state index contributed by atoms with van der Waals surface area (Å²) in [4.78, 5) is 33.2. The average molecular weight is 467 g/mol. The number of rotatable bonds is 16. The van der Waals surface area contributed by atoms with E-state index in [9.17, 15) is 30.0 Å². The lowest BCUT2D eigenvalue weighted by molar-refractivity contribution is -0.146. The van der Waals surface area contributed by atoms with Crippen molar-refractivity contribution in [1.29, 1.82) is 0 Å². The van der Waals surface area contributed by atoms with Gasteiger partial charge >= 0.3 is 11.9 Å². The van der Waals surface area contributed by atoms with Crippen molar-refractivity contribution >= 4 is 11.9 Å². The Hall–Kier alpha value is -3.30. The highest BCUT2D eigenvalue weighted by molar-refractivity contribution is 5.70. The number of hydrogen-bond donors (Lipinski definition) is 4. The van der Waals surface area contributed by atoms with Gasteiger partial charge in [0.25, 0.3) is 0 Å². The van der Waals surface area contributed by atoms with E-state index in [2.05, 4.69) is 0 Å². The minimum Gasteiger partial charge on any atom is -0.492 e. The van der Waals surface area contributed by atoms with Crippen LogP contribution in [0.5, 0.6) is 23.5 Å². The summed E-state index contributed by atoms with van der Waals surface area (Å²) in [7, 11) is 0. The molecule has 184 valence electrons. The number of carbonyl (C=O) groups is 2. The fourth-order valence-corrected chi connectivity index (χ4v) is 3.42. The monoisotopic (exact) mass is 466 g/mol. The number of hydrogen-bond acceptors (Lipinski definition) is 8. The molecule has 2 heterocycles. The Morgan fingerprint density at radius 1 is 0.515 bits per heavy atom. The van der Waals surface area contributed by atoms with E-state index in [1.54, 1.807) is 0 Å². The molecule has 0 saturated heterocycles. The van der Waals surface area contributed by atoms with Gasteiger partial charge in [-0.15, -0.1) is 9.46 Å². The van der Waals surface area contributed by atoms with Crippen LogP contribution < -0.4 is 9.68 Å². The van der Waals surface area contributed by atoms with E-state index >= 15 is 0 Å². The van der Waals surface area contributed by atoms with Crippen molar-refractivity contribution in [3.8, 4) is 23.5 Å². The van der Waals surface area contributed by atoms with Gasteiger partial charge in [0, 0.05) is 37.1 Å². The smallest absolute Gasteiger partial charge is 0.333 e. The largest absolute Gasteiger partial charge is 0.492 e. The summed E-state index contributed by atoms with van der Waals surface area (Å²) in [5.41, 5.74) is 0. The Morgan fingerprint density at radius 3 is 1.03 bits per heavy atom. The van der Waals surface area contributed by atoms with E-state index in [-0.39, 0.29) is 36.4 Å². The first-order chi connectivity index (χ1) is 15.9. The predicted octanol–water partition coefficient (Wildman–Crippen LogP) is 3.79. The van der Waals surface area contributed by atoms with Crippen molar-refractivity contribution in [3.63, 3.8) is 0 Å². The third-order valence-corrected chi connectivity index (χ3v) is 5.24. The van der Waals surface area contributed by atoms with Crippen LogP contribution in [0.25, 0.3) is 0 Å². The molecule has 0 aliphatic carbocycles. The highest BCUT2D eigenvalue weighted by Crippen LogP contribution is 2.20. The molecule has 10 nitrogen and oxygen atoms in total. The summed E-state index contributed by atoms with van der Waals surface area (Å²) >= 11 is 0. The van der Waals surface area contributed by atoms with Gasteiger partial charge in [-0.3, -0.25) is 0 Å². The van der Waals surface area contributed by atoms with E-state index in [0.717, 1.165) is 57.8 Å². The molecule has 10 heteroatoms. The van der Waals surface area contributed by atoms with Gasteiger partial charge in [-0.1, -0.05) is 57.8 Å². The van der Waals surface area contributed by atoms with E-state index in [0.29, 0.717) is 22.3 Å². The van der Waals surface area contributed by atoms with Gasteiger partial charge in [0.15, 0.2) is 0 Å². The molecule has 0 spiro atoms. The SMILES string of the molecule is O=C(CCCCCCCCCCCCCC(=O)On1c(O)ccc1O)On1c(O)ccc1O. The molecule has 0 aromatic carbocycles. The van der Waals surface area contributed by atoms with Gasteiger partial charge in [-0.05, 0) is 12.8 Å². The number of aromatic nitrogens is 2. The maximum absolute atomic E-state index is 11.7. The maximum Gasteiger partial charge on any atom is 0.333 e. The molecule has 0 aliphatic rings. The molecule has 2 rings (SSSR count). The number of nitrogens with zero attached hydrogens (tertiary/aromatic N) is 2. The zero-order chi connectivity index (χ0) is 24.1. The second-order valence-electron chi connectivity index (χ2n) is 8.00. The molecular formula is C23H34N2O8. The summed E-state index contributed by atoms with van der Waals surface area (Å²) in [6.07, 6.45) is 11.5. The minimum absolute atomic E-state index is 0.234. The van der Waals surface area contributed by atoms with Crippen molar-refractivity contribution in [2.45, 2.75) is 83.5 Å². The van der Waals surface area contributed by atoms with Crippen molar-refractivity contribution in [3.05, 3.63) is 24.3 Å². The fourth-order valence-electron chi connectivity index (χ4n) is 3.42. The highest BCUT2D eigenvalue weighted by Gasteiger charge is 2.12. The average Bonchev–Trinajstić information content (AvgIpc) is 3.27. The van der Waals surface area contributed by atoms with Crippen LogP contribution in [0.4, 0.5) is 0 Å². The lowest BCUT2D eigenvalue weighted by Crippen LogP contribution is -2.18. The molecule has 0 amide bonds.